The van der Waals surface area contributed by atoms with E-state index in [4.69, 9.17) is 0 Å². The summed E-state index contributed by atoms with van der Waals surface area (Å²) in [5, 5.41) is 6.89. The van der Waals surface area contributed by atoms with Gasteiger partial charge in [0.25, 0.3) is 0 Å². The number of halogens is 4. The fourth-order valence-corrected chi connectivity index (χ4v) is 5.31. The number of thioether (sulfide) groups is 1. The number of amidine groups is 1. The van der Waals surface area contributed by atoms with Gasteiger partial charge < -0.3 is 10.1 Å². The molecule has 4 aromatic rings. The fraction of sp³-hybridized carbons (Fsp3) is 0.233. The minimum atomic E-state index is -4.81. The summed E-state index contributed by atoms with van der Waals surface area (Å²) >= 11 is 1.13. The Balaban J connectivity index is 1.30. The van der Waals surface area contributed by atoms with Gasteiger partial charge in [0, 0.05) is 5.56 Å². The summed E-state index contributed by atoms with van der Waals surface area (Å²) < 4.78 is 57.4. The summed E-state index contributed by atoms with van der Waals surface area (Å²) in [6.45, 7) is 4.00. The molecule has 1 fully saturated rings. The van der Waals surface area contributed by atoms with Crippen molar-refractivity contribution in [1.82, 2.24) is 14.8 Å². The number of aliphatic imine (C=N–C) groups is 1. The monoisotopic (exact) mass is 626 g/mol. The van der Waals surface area contributed by atoms with Crippen LogP contribution in [0.1, 0.15) is 30.9 Å². The Morgan fingerprint density at radius 2 is 1.89 bits per heavy atom. The number of benzene rings is 3. The maximum Gasteiger partial charge on any atom is 0.573 e. The lowest BCUT2D eigenvalue weighted by atomic mass is 10.0. The van der Waals surface area contributed by atoms with Gasteiger partial charge in [-0.3, -0.25) is 9.69 Å². The van der Waals surface area contributed by atoms with Crippen molar-refractivity contribution in [1.29, 1.82) is 0 Å². The quantitative estimate of drug-likeness (QED) is 0.206. The van der Waals surface area contributed by atoms with Crippen LogP contribution in [0.5, 0.6) is 5.75 Å². The van der Waals surface area contributed by atoms with Gasteiger partial charge in [-0.2, -0.15) is 4.99 Å². The molecule has 0 bridgehead atoms. The van der Waals surface area contributed by atoms with Gasteiger partial charge in [-0.1, -0.05) is 37.2 Å². The highest BCUT2D eigenvalue weighted by Crippen LogP contribution is 2.32. The number of carbonyl (C=O) groups excluding carboxylic acids is 2. The highest BCUT2D eigenvalue weighted by Gasteiger charge is 2.32. The molecule has 1 aliphatic rings. The maximum absolute atomic E-state index is 15.0. The van der Waals surface area contributed by atoms with Crippen LogP contribution in [-0.4, -0.2) is 44.0 Å². The van der Waals surface area contributed by atoms with Crippen LogP contribution in [0, 0.1) is 12.7 Å². The van der Waals surface area contributed by atoms with Crippen molar-refractivity contribution >= 4 is 40.2 Å². The van der Waals surface area contributed by atoms with E-state index in [0.717, 1.165) is 60.4 Å². The molecule has 1 N–H and O–H groups in total. The first-order valence-electron chi connectivity index (χ1n) is 13.5. The highest BCUT2D eigenvalue weighted by atomic mass is 32.2. The van der Waals surface area contributed by atoms with Crippen molar-refractivity contribution in [3.8, 4) is 22.8 Å². The maximum atomic E-state index is 15.0. The lowest BCUT2D eigenvalue weighted by molar-refractivity contribution is -0.274. The number of hydrogen-bond acceptors (Lipinski definition) is 6. The smallest absolute Gasteiger partial charge is 0.406 e. The molecule has 0 radical (unpaired) electrons. The van der Waals surface area contributed by atoms with E-state index in [1.54, 1.807) is 0 Å². The SMILES string of the molecule is CCCCc1ccc(C)cc1N1C(=O)CS/C1=N\C(=O)Nc1ccc(-c2ncn(-c3ccc(OC(F)(F)F)cc3)n2)cc1F. The van der Waals surface area contributed by atoms with Crippen molar-refractivity contribution < 1.29 is 31.9 Å². The summed E-state index contributed by atoms with van der Waals surface area (Å²) in [5.74, 6) is -1.08. The Hall–Kier alpha value is -4.72. The van der Waals surface area contributed by atoms with E-state index in [1.165, 1.54) is 40.2 Å². The molecule has 0 unspecified atom stereocenters. The van der Waals surface area contributed by atoms with Crippen molar-refractivity contribution in [3.05, 3.63) is 83.9 Å². The number of carbonyl (C=O) groups is 2. The third-order valence-electron chi connectivity index (χ3n) is 6.54. The van der Waals surface area contributed by atoms with Crippen LogP contribution in [0.25, 0.3) is 17.1 Å². The second kappa shape index (κ2) is 12.9. The number of amides is 3. The molecule has 1 aromatic heterocycles. The van der Waals surface area contributed by atoms with Crippen LogP contribution in [0.4, 0.5) is 33.7 Å². The largest absolute Gasteiger partial charge is 0.573 e. The lowest BCUT2D eigenvalue weighted by Crippen LogP contribution is -2.31. The first-order valence-corrected chi connectivity index (χ1v) is 14.5. The highest BCUT2D eigenvalue weighted by molar-refractivity contribution is 8.15. The first-order chi connectivity index (χ1) is 21.0. The third kappa shape index (κ3) is 7.25. The van der Waals surface area contributed by atoms with Gasteiger partial charge in [0.15, 0.2) is 11.0 Å². The van der Waals surface area contributed by atoms with Crippen molar-refractivity contribution in [3.63, 3.8) is 0 Å². The molecule has 5 rings (SSSR count). The Labute approximate surface area is 254 Å². The van der Waals surface area contributed by atoms with E-state index in [1.807, 2.05) is 25.1 Å². The van der Waals surface area contributed by atoms with Gasteiger partial charge in [-0.15, -0.1) is 18.3 Å². The molecule has 14 heteroatoms. The normalized spacial score (nSPS) is 14.4. The number of rotatable bonds is 8. The summed E-state index contributed by atoms with van der Waals surface area (Å²) in [5.41, 5.74) is 3.19. The van der Waals surface area contributed by atoms with Gasteiger partial charge in [0.1, 0.15) is 17.9 Å². The number of anilines is 2. The summed E-state index contributed by atoms with van der Waals surface area (Å²) in [6, 6.07) is 14.0. The number of unbranched alkanes of at least 4 members (excludes halogenated alkanes) is 1. The van der Waals surface area contributed by atoms with Crippen molar-refractivity contribution in [2.75, 3.05) is 16.0 Å². The number of nitrogens with zero attached hydrogens (tertiary/aromatic N) is 5. The van der Waals surface area contributed by atoms with Crippen LogP contribution in [-0.2, 0) is 11.2 Å². The van der Waals surface area contributed by atoms with E-state index >= 15 is 4.39 Å². The van der Waals surface area contributed by atoms with Crippen LogP contribution in [0.3, 0.4) is 0 Å². The molecule has 9 nitrogen and oxygen atoms in total. The molecule has 1 aliphatic heterocycles. The minimum Gasteiger partial charge on any atom is -0.406 e. The van der Waals surface area contributed by atoms with E-state index in [9.17, 15) is 22.8 Å². The molecule has 0 spiro atoms. The zero-order valence-electron chi connectivity index (χ0n) is 23.6. The first kappa shape index (κ1) is 30.7. The van der Waals surface area contributed by atoms with Gasteiger partial charge >= 0.3 is 12.4 Å². The standard InChI is InChI=1S/C30H26F4N6O3S/c1-3-4-5-19-7-6-18(2)14-25(19)40-26(41)16-44-29(40)37-28(42)36-24-13-8-20(15-23(24)31)27-35-17-39(38-27)21-9-11-22(12-10-21)43-30(32,33)34/h6-15,17H,3-5,16H2,1-2H3,(H,36,42)/b37-29-. The molecule has 2 heterocycles. The molecule has 3 aromatic carbocycles. The zero-order valence-corrected chi connectivity index (χ0v) is 24.4. The molecule has 0 saturated carbocycles. The summed E-state index contributed by atoms with van der Waals surface area (Å²) in [6.07, 6.45) is -0.781. The predicted molar refractivity (Wildman–Crippen MR) is 160 cm³/mol. The number of urea groups is 1. The minimum absolute atomic E-state index is 0.126. The second-order valence-electron chi connectivity index (χ2n) is 9.83. The molecule has 0 atom stereocenters. The average molecular weight is 627 g/mol. The van der Waals surface area contributed by atoms with Gasteiger partial charge in [0.05, 0.1) is 22.8 Å². The lowest BCUT2D eigenvalue weighted by Gasteiger charge is -2.20. The van der Waals surface area contributed by atoms with Crippen LogP contribution >= 0.6 is 11.8 Å². The zero-order chi connectivity index (χ0) is 31.4. The molecule has 1 saturated heterocycles. The summed E-state index contributed by atoms with van der Waals surface area (Å²) in [7, 11) is 0. The predicted octanol–water partition coefficient (Wildman–Crippen LogP) is 7.29. The van der Waals surface area contributed by atoms with Crippen LogP contribution in [0.2, 0.25) is 0 Å². The van der Waals surface area contributed by atoms with E-state index in [0.29, 0.717) is 16.9 Å². The topological polar surface area (TPSA) is 102 Å². The van der Waals surface area contributed by atoms with E-state index in [2.05, 4.69) is 32.1 Å². The Kier molecular flexibility index (Phi) is 8.99. The number of aromatic nitrogens is 3. The summed E-state index contributed by atoms with van der Waals surface area (Å²) in [4.78, 5) is 35.3. The number of alkyl halides is 3. The Morgan fingerprint density at radius 3 is 2.59 bits per heavy atom. The van der Waals surface area contributed by atoms with E-state index in [-0.39, 0.29) is 34.1 Å². The molecular formula is C30H26F4N6O3S. The number of aryl methyl sites for hydroxylation is 2. The molecule has 228 valence electrons. The molecule has 44 heavy (non-hydrogen) atoms. The van der Waals surface area contributed by atoms with Crippen molar-refractivity contribution in [2.45, 2.75) is 39.5 Å². The second-order valence-corrected chi connectivity index (χ2v) is 10.8. The van der Waals surface area contributed by atoms with Gasteiger partial charge in [-0.05, 0) is 79.4 Å². The Morgan fingerprint density at radius 1 is 1.11 bits per heavy atom. The van der Waals surface area contributed by atoms with Crippen LogP contribution in [0.15, 0.2) is 72.0 Å². The Bertz CT molecular complexity index is 1720. The molecule has 0 aliphatic carbocycles. The number of nitrogens with one attached hydrogen (secondary N) is 1. The van der Waals surface area contributed by atoms with Crippen molar-refractivity contribution in [2.24, 2.45) is 4.99 Å². The average Bonchev–Trinajstić information content (AvgIpc) is 3.60. The molecule has 3 amide bonds. The third-order valence-corrected chi connectivity index (χ3v) is 7.46. The van der Waals surface area contributed by atoms with E-state index < -0.39 is 18.2 Å². The van der Waals surface area contributed by atoms with Gasteiger partial charge in [0.2, 0.25) is 5.91 Å². The number of ether oxygens (including phenoxy) is 1. The van der Waals surface area contributed by atoms with Crippen LogP contribution < -0.4 is 15.0 Å². The van der Waals surface area contributed by atoms with Gasteiger partial charge in [-0.25, -0.2) is 18.9 Å². The molecular weight excluding hydrogens is 600 g/mol. The fourth-order valence-electron chi connectivity index (χ4n) is 4.45. The number of hydrogen-bond donors (Lipinski definition) is 1.